The first-order valence-electron chi connectivity index (χ1n) is 12.7. The summed E-state index contributed by atoms with van der Waals surface area (Å²) in [7, 11) is 0. The molecule has 0 radical (unpaired) electrons. The van der Waals surface area contributed by atoms with Crippen molar-refractivity contribution in [2.45, 2.75) is 116 Å². The Morgan fingerprint density at radius 2 is 1.16 bits per heavy atom. The SMILES string of the molecule is CCCCCCCCCCCCCCCCCCNC(=O)Nc1ccccc1C(F)(F)F. The van der Waals surface area contributed by atoms with Crippen LogP contribution < -0.4 is 10.6 Å². The monoisotopic (exact) mass is 456 g/mol. The number of alkyl halides is 3. The van der Waals surface area contributed by atoms with Crippen LogP contribution in [0.3, 0.4) is 0 Å². The smallest absolute Gasteiger partial charge is 0.338 e. The van der Waals surface area contributed by atoms with Crippen LogP contribution in [0, 0.1) is 0 Å². The average molecular weight is 457 g/mol. The maximum absolute atomic E-state index is 12.9. The quantitative estimate of drug-likeness (QED) is 0.212. The molecule has 0 spiro atoms. The number of anilines is 1. The minimum atomic E-state index is -4.49. The van der Waals surface area contributed by atoms with Gasteiger partial charge in [-0.15, -0.1) is 0 Å². The highest BCUT2D eigenvalue weighted by Crippen LogP contribution is 2.34. The number of benzene rings is 1. The molecule has 0 atom stereocenters. The Labute approximate surface area is 192 Å². The van der Waals surface area contributed by atoms with Gasteiger partial charge in [0.25, 0.3) is 0 Å². The fourth-order valence-corrected chi connectivity index (χ4v) is 3.88. The summed E-state index contributed by atoms with van der Waals surface area (Å²) in [5, 5.41) is 4.94. The summed E-state index contributed by atoms with van der Waals surface area (Å²) < 4.78 is 38.8. The third-order valence-electron chi connectivity index (χ3n) is 5.80. The molecule has 32 heavy (non-hydrogen) atoms. The van der Waals surface area contributed by atoms with E-state index in [-0.39, 0.29) is 5.69 Å². The zero-order valence-electron chi connectivity index (χ0n) is 19.9. The third-order valence-corrected chi connectivity index (χ3v) is 5.80. The predicted octanol–water partition coefficient (Wildman–Crippen LogP) is 9.09. The number of hydrogen-bond donors (Lipinski definition) is 2. The summed E-state index contributed by atoms with van der Waals surface area (Å²) in [5.41, 5.74) is -1.05. The summed E-state index contributed by atoms with van der Waals surface area (Å²) in [6.07, 6.45) is 16.0. The van der Waals surface area contributed by atoms with Crippen molar-refractivity contribution in [2.75, 3.05) is 11.9 Å². The van der Waals surface area contributed by atoms with Crippen LogP contribution in [0.1, 0.15) is 115 Å². The van der Waals surface area contributed by atoms with Crippen LogP contribution in [-0.2, 0) is 6.18 Å². The Morgan fingerprint density at radius 1 is 0.719 bits per heavy atom. The van der Waals surface area contributed by atoms with Gasteiger partial charge < -0.3 is 10.6 Å². The highest BCUT2D eigenvalue weighted by Gasteiger charge is 2.33. The Bertz CT molecular complexity index is 605. The van der Waals surface area contributed by atoms with Crippen molar-refractivity contribution in [1.82, 2.24) is 5.32 Å². The molecule has 1 rings (SSSR count). The molecule has 0 aromatic heterocycles. The summed E-state index contributed by atoms with van der Waals surface area (Å²) in [6, 6.07) is 4.41. The molecule has 0 unspecified atom stereocenters. The van der Waals surface area contributed by atoms with Crippen molar-refractivity contribution >= 4 is 11.7 Å². The minimum absolute atomic E-state index is 0.218. The molecule has 0 saturated carbocycles. The van der Waals surface area contributed by atoms with Gasteiger partial charge in [0.2, 0.25) is 0 Å². The lowest BCUT2D eigenvalue weighted by atomic mass is 10.0. The molecule has 2 amide bonds. The van der Waals surface area contributed by atoms with E-state index in [0.29, 0.717) is 6.54 Å². The molecular formula is C26H43F3N2O. The van der Waals surface area contributed by atoms with Crippen LogP contribution in [-0.4, -0.2) is 12.6 Å². The van der Waals surface area contributed by atoms with E-state index in [4.69, 9.17) is 0 Å². The zero-order chi connectivity index (χ0) is 23.5. The Hall–Kier alpha value is -1.72. The second kappa shape index (κ2) is 17.8. The number of carbonyl (C=O) groups excluding carboxylic acids is 1. The van der Waals surface area contributed by atoms with E-state index in [1.165, 1.54) is 102 Å². The molecule has 0 heterocycles. The van der Waals surface area contributed by atoms with Crippen LogP contribution in [0.2, 0.25) is 0 Å². The zero-order valence-corrected chi connectivity index (χ0v) is 19.9. The van der Waals surface area contributed by atoms with Crippen molar-refractivity contribution in [3.63, 3.8) is 0 Å². The van der Waals surface area contributed by atoms with E-state index in [9.17, 15) is 18.0 Å². The first-order chi connectivity index (χ1) is 15.4. The lowest BCUT2D eigenvalue weighted by molar-refractivity contribution is -0.136. The number of carbonyl (C=O) groups is 1. The highest BCUT2D eigenvalue weighted by atomic mass is 19.4. The molecule has 2 N–H and O–H groups in total. The standard InChI is InChI=1S/C26H43F3N2O/c1-2-3-4-5-6-7-8-9-10-11-12-13-14-15-16-19-22-30-25(32)31-24-21-18-17-20-23(24)26(27,28)29/h17-18,20-21H,2-16,19,22H2,1H3,(H2,30,31,32). The van der Waals surface area contributed by atoms with Gasteiger partial charge in [0.1, 0.15) is 0 Å². The lowest BCUT2D eigenvalue weighted by Gasteiger charge is -2.14. The largest absolute Gasteiger partial charge is 0.418 e. The number of unbranched alkanes of at least 4 members (excludes halogenated alkanes) is 15. The maximum atomic E-state index is 12.9. The van der Waals surface area contributed by atoms with Crippen LogP contribution in [0.15, 0.2) is 24.3 Å². The third kappa shape index (κ3) is 14.4. The van der Waals surface area contributed by atoms with Gasteiger partial charge in [-0.05, 0) is 18.6 Å². The van der Waals surface area contributed by atoms with Gasteiger partial charge in [-0.2, -0.15) is 13.2 Å². The van der Waals surface area contributed by atoms with Gasteiger partial charge in [-0.25, -0.2) is 4.79 Å². The number of urea groups is 1. The normalized spacial score (nSPS) is 11.5. The van der Waals surface area contributed by atoms with Crippen LogP contribution in [0.5, 0.6) is 0 Å². The molecule has 184 valence electrons. The molecule has 0 fully saturated rings. The minimum Gasteiger partial charge on any atom is -0.338 e. The van der Waals surface area contributed by atoms with Gasteiger partial charge in [-0.1, -0.05) is 115 Å². The molecular weight excluding hydrogens is 413 g/mol. The van der Waals surface area contributed by atoms with E-state index in [0.717, 1.165) is 25.3 Å². The molecule has 6 heteroatoms. The molecule has 1 aromatic carbocycles. The average Bonchev–Trinajstić information content (AvgIpc) is 2.75. The van der Waals surface area contributed by atoms with Gasteiger partial charge >= 0.3 is 12.2 Å². The van der Waals surface area contributed by atoms with Crippen molar-refractivity contribution in [3.8, 4) is 0 Å². The molecule has 0 aliphatic carbocycles. The Morgan fingerprint density at radius 3 is 1.62 bits per heavy atom. The van der Waals surface area contributed by atoms with Crippen molar-refractivity contribution in [2.24, 2.45) is 0 Å². The van der Waals surface area contributed by atoms with Crippen molar-refractivity contribution in [3.05, 3.63) is 29.8 Å². The summed E-state index contributed by atoms with van der Waals surface area (Å²) in [5.74, 6) is 0. The number of halogens is 3. The fraction of sp³-hybridized carbons (Fsp3) is 0.731. The van der Waals surface area contributed by atoms with Crippen LogP contribution in [0.25, 0.3) is 0 Å². The van der Waals surface area contributed by atoms with Gasteiger partial charge in [-0.3, -0.25) is 0 Å². The van der Waals surface area contributed by atoms with Crippen molar-refractivity contribution < 1.29 is 18.0 Å². The van der Waals surface area contributed by atoms with E-state index in [1.807, 2.05) is 0 Å². The second-order valence-corrected chi connectivity index (χ2v) is 8.73. The number of nitrogens with one attached hydrogen (secondary N) is 2. The topological polar surface area (TPSA) is 41.1 Å². The predicted molar refractivity (Wildman–Crippen MR) is 128 cm³/mol. The van der Waals surface area contributed by atoms with E-state index in [1.54, 1.807) is 0 Å². The van der Waals surface area contributed by atoms with Crippen molar-refractivity contribution in [1.29, 1.82) is 0 Å². The molecule has 3 nitrogen and oxygen atoms in total. The number of hydrogen-bond acceptors (Lipinski definition) is 1. The number of rotatable bonds is 18. The first-order valence-corrected chi connectivity index (χ1v) is 12.7. The molecule has 0 saturated heterocycles. The van der Waals surface area contributed by atoms with Gasteiger partial charge in [0, 0.05) is 6.54 Å². The van der Waals surface area contributed by atoms with E-state index >= 15 is 0 Å². The van der Waals surface area contributed by atoms with Crippen LogP contribution in [0.4, 0.5) is 23.7 Å². The van der Waals surface area contributed by atoms with E-state index < -0.39 is 17.8 Å². The van der Waals surface area contributed by atoms with Gasteiger partial charge in [0.05, 0.1) is 11.3 Å². The summed E-state index contributed by atoms with van der Waals surface area (Å²) in [4.78, 5) is 11.9. The fourth-order valence-electron chi connectivity index (χ4n) is 3.88. The maximum Gasteiger partial charge on any atom is 0.418 e. The van der Waals surface area contributed by atoms with Gasteiger partial charge in [0.15, 0.2) is 0 Å². The number of amides is 2. The molecule has 1 aromatic rings. The Kier molecular flexibility index (Phi) is 15.7. The summed E-state index contributed by atoms with van der Waals surface area (Å²) in [6.45, 7) is 2.73. The van der Waals surface area contributed by atoms with E-state index in [2.05, 4.69) is 17.6 Å². The summed E-state index contributed by atoms with van der Waals surface area (Å²) >= 11 is 0. The first kappa shape index (κ1) is 28.3. The highest BCUT2D eigenvalue weighted by molar-refractivity contribution is 5.90. The molecule has 0 bridgehead atoms. The van der Waals surface area contributed by atoms with Crippen LogP contribution >= 0.6 is 0 Å². The number of para-hydroxylation sites is 1. The Balaban J connectivity index is 1.92. The lowest BCUT2D eigenvalue weighted by Crippen LogP contribution is -2.30. The second-order valence-electron chi connectivity index (χ2n) is 8.73. The molecule has 0 aliphatic rings. The molecule has 0 aliphatic heterocycles.